The van der Waals surface area contributed by atoms with Crippen LogP contribution in [-0.4, -0.2) is 27.0 Å². The molecule has 0 spiro atoms. The van der Waals surface area contributed by atoms with Crippen molar-refractivity contribution in [2.45, 2.75) is 25.2 Å². The van der Waals surface area contributed by atoms with Crippen molar-refractivity contribution in [2.75, 3.05) is 17.2 Å². The van der Waals surface area contributed by atoms with Crippen LogP contribution in [0.15, 0.2) is 71.6 Å². The molecule has 0 aliphatic rings. The second-order valence-electron chi connectivity index (χ2n) is 7.62. The van der Waals surface area contributed by atoms with Gasteiger partial charge in [0, 0.05) is 17.9 Å². The molecule has 0 saturated heterocycles. The van der Waals surface area contributed by atoms with Gasteiger partial charge in [-0.25, -0.2) is 27.1 Å². The highest BCUT2D eigenvalue weighted by molar-refractivity contribution is 7.90. The molecule has 3 aromatic rings. The lowest BCUT2D eigenvalue weighted by molar-refractivity contribution is 0.246. The SMILES string of the molecule is Cc1ccc(NC(=O)Nc2ccc(CCNC(=O)NS(=O)(=O)c3ccccc3C)cc2)cc1F. The van der Waals surface area contributed by atoms with Gasteiger partial charge in [0.25, 0.3) is 10.0 Å². The van der Waals surface area contributed by atoms with Gasteiger partial charge in [-0.15, -0.1) is 0 Å². The largest absolute Gasteiger partial charge is 0.337 e. The molecule has 0 heterocycles. The summed E-state index contributed by atoms with van der Waals surface area (Å²) in [7, 11) is -3.96. The first-order chi connectivity index (χ1) is 16.1. The van der Waals surface area contributed by atoms with Gasteiger partial charge in [0.05, 0.1) is 4.90 Å². The first-order valence-corrected chi connectivity index (χ1v) is 11.9. The van der Waals surface area contributed by atoms with Crippen LogP contribution in [-0.2, 0) is 16.4 Å². The predicted molar refractivity (Wildman–Crippen MR) is 129 cm³/mol. The lowest BCUT2D eigenvalue weighted by atomic mass is 10.1. The summed E-state index contributed by atoms with van der Waals surface area (Å²) in [5, 5.41) is 7.73. The number of hydrogen-bond acceptors (Lipinski definition) is 4. The normalized spacial score (nSPS) is 10.9. The second-order valence-corrected chi connectivity index (χ2v) is 9.27. The van der Waals surface area contributed by atoms with Gasteiger partial charge in [-0.2, -0.15) is 0 Å². The van der Waals surface area contributed by atoms with Gasteiger partial charge in [0.1, 0.15) is 5.82 Å². The van der Waals surface area contributed by atoms with Crippen molar-refractivity contribution in [1.82, 2.24) is 10.0 Å². The van der Waals surface area contributed by atoms with E-state index in [-0.39, 0.29) is 11.4 Å². The number of aryl methyl sites for hydroxylation is 2. The zero-order valence-electron chi connectivity index (χ0n) is 18.7. The van der Waals surface area contributed by atoms with Crippen molar-refractivity contribution in [3.8, 4) is 0 Å². The van der Waals surface area contributed by atoms with Crippen LogP contribution >= 0.6 is 0 Å². The van der Waals surface area contributed by atoms with Gasteiger partial charge in [0.15, 0.2) is 0 Å². The topological polar surface area (TPSA) is 116 Å². The molecular weight excluding hydrogens is 459 g/mol. The average Bonchev–Trinajstić information content (AvgIpc) is 2.77. The summed E-state index contributed by atoms with van der Waals surface area (Å²) in [4.78, 5) is 24.2. The monoisotopic (exact) mass is 484 g/mol. The predicted octanol–water partition coefficient (Wildman–Crippen LogP) is 4.32. The Bertz CT molecular complexity index is 1290. The minimum absolute atomic E-state index is 0.0461. The highest BCUT2D eigenvalue weighted by Crippen LogP contribution is 2.16. The summed E-state index contributed by atoms with van der Waals surface area (Å²) >= 11 is 0. The standard InChI is InChI=1S/C24H25FN4O4S/c1-16-7-10-20(15-21(16)25)28-24(31)27-19-11-8-18(9-12-19)13-14-26-23(30)29-34(32,33)22-6-4-3-5-17(22)2/h3-12,15H,13-14H2,1-2H3,(H2,26,29,30)(H2,27,28,31). The fraction of sp³-hybridized carbons (Fsp3) is 0.167. The third-order valence-electron chi connectivity index (χ3n) is 4.95. The molecule has 10 heteroatoms. The molecule has 3 rings (SSSR count). The van der Waals surface area contributed by atoms with E-state index < -0.39 is 27.9 Å². The van der Waals surface area contributed by atoms with Crippen molar-refractivity contribution in [1.29, 1.82) is 0 Å². The second kappa shape index (κ2) is 10.8. The smallest absolute Gasteiger partial charge is 0.328 e. The van der Waals surface area contributed by atoms with Gasteiger partial charge in [-0.3, -0.25) is 0 Å². The maximum Gasteiger partial charge on any atom is 0.328 e. The maximum absolute atomic E-state index is 13.6. The van der Waals surface area contributed by atoms with Crippen LogP contribution in [0.3, 0.4) is 0 Å². The Morgan fingerprint density at radius 3 is 2.15 bits per heavy atom. The minimum atomic E-state index is -3.96. The average molecular weight is 485 g/mol. The quantitative estimate of drug-likeness (QED) is 0.400. The molecular formula is C24H25FN4O4S. The van der Waals surface area contributed by atoms with E-state index in [2.05, 4.69) is 16.0 Å². The van der Waals surface area contributed by atoms with Crippen molar-refractivity contribution >= 4 is 33.5 Å². The van der Waals surface area contributed by atoms with Crippen LogP contribution in [0.25, 0.3) is 0 Å². The number of hydrogen-bond donors (Lipinski definition) is 4. The fourth-order valence-electron chi connectivity index (χ4n) is 3.11. The van der Waals surface area contributed by atoms with Crippen LogP contribution in [0.2, 0.25) is 0 Å². The molecule has 8 nitrogen and oxygen atoms in total. The van der Waals surface area contributed by atoms with Gasteiger partial charge in [-0.1, -0.05) is 36.4 Å². The number of benzene rings is 3. The van der Waals surface area contributed by atoms with Crippen LogP contribution in [0, 0.1) is 19.7 Å². The molecule has 34 heavy (non-hydrogen) atoms. The molecule has 0 bridgehead atoms. The van der Waals surface area contributed by atoms with Crippen molar-refractivity contribution < 1.29 is 22.4 Å². The van der Waals surface area contributed by atoms with E-state index in [9.17, 15) is 22.4 Å². The van der Waals surface area contributed by atoms with Crippen LogP contribution < -0.4 is 20.7 Å². The van der Waals surface area contributed by atoms with Crippen molar-refractivity contribution in [3.05, 3.63) is 89.2 Å². The Balaban J connectivity index is 1.45. The van der Waals surface area contributed by atoms with Crippen LogP contribution in [0.4, 0.5) is 25.4 Å². The Hall–Kier alpha value is -3.92. The number of anilines is 2. The Morgan fingerprint density at radius 2 is 1.47 bits per heavy atom. The fourth-order valence-corrected chi connectivity index (χ4v) is 4.29. The minimum Gasteiger partial charge on any atom is -0.337 e. The number of urea groups is 2. The van der Waals surface area contributed by atoms with Gasteiger partial charge < -0.3 is 16.0 Å². The van der Waals surface area contributed by atoms with E-state index in [1.54, 1.807) is 68.4 Å². The molecule has 178 valence electrons. The molecule has 0 fully saturated rings. The summed E-state index contributed by atoms with van der Waals surface area (Å²) in [5.41, 5.74) is 2.76. The van der Waals surface area contributed by atoms with Gasteiger partial charge >= 0.3 is 12.1 Å². The Labute approximate surface area is 197 Å². The molecule has 0 aliphatic carbocycles. The van der Waals surface area contributed by atoms with Crippen LogP contribution in [0.1, 0.15) is 16.7 Å². The molecule has 0 aliphatic heterocycles. The van der Waals surface area contributed by atoms with E-state index in [1.807, 2.05) is 4.72 Å². The van der Waals surface area contributed by atoms with E-state index in [1.165, 1.54) is 12.1 Å². The number of sulfonamides is 1. The van der Waals surface area contributed by atoms with Crippen LogP contribution in [0.5, 0.6) is 0 Å². The highest BCUT2D eigenvalue weighted by Gasteiger charge is 2.19. The number of carbonyl (C=O) groups excluding carboxylic acids is 2. The molecule has 0 saturated carbocycles. The summed E-state index contributed by atoms with van der Waals surface area (Å²) in [5.74, 6) is -0.405. The van der Waals surface area contributed by atoms with Crippen molar-refractivity contribution in [2.24, 2.45) is 0 Å². The third-order valence-corrected chi connectivity index (χ3v) is 6.44. The molecule has 0 radical (unpaired) electrons. The summed E-state index contributed by atoms with van der Waals surface area (Å²) < 4.78 is 40.3. The zero-order chi connectivity index (χ0) is 24.7. The van der Waals surface area contributed by atoms with E-state index in [0.29, 0.717) is 28.9 Å². The molecule has 0 atom stereocenters. The maximum atomic E-state index is 13.6. The van der Waals surface area contributed by atoms with E-state index in [4.69, 9.17) is 0 Å². The highest BCUT2D eigenvalue weighted by atomic mass is 32.2. The number of rotatable bonds is 7. The molecule has 4 amide bonds. The van der Waals surface area contributed by atoms with Gasteiger partial charge in [-0.05, 0) is 67.3 Å². The first-order valence-electron chi connectivity index (χ1n) is 10.4. The van der Waals surface area contributed by atoms with E-state index in [0.717, 1.165) is 5.56 Å². The molecule has 0 unspecified atom stereocenters. The zero-order valence-corrected chi connectivity index (χ0v) is 19.5. The van der Waals surface area contributed by atoms with Crippen molar-refractivity contribution in [3.63, 3.8) is 0 Å². The molecule has 4 N–H and O–H groups in total. The first kappa shape index (κ1) is 24.7. The number of carbonyl (C=O) groups is 2. The number of nitrogens with one attached hydrogen (secondary N) is 4. The van der Waals surface area contributed by atoms with Gasteiger partial charge in [0.2, 0.25) is 0 Å². The Morgan fingerprint density at radius 1 is 0.824 bits per heavy atom. The number of halogens is 1. The summed E-state index contributed by atoms with van der Waals surface area (Å²) in [6.45, 7) is 3.49. The third kappa shape index (κ3) is 6.79. The lowest BCUT2D eigenvalue weighted by Gasteiger charge is -2.11. The summed E-state index contributed by atoms with van der Waals surface area (Å²) in [6, 6.07) is 16.4. The molecule has 3 aromatic carbocycles. The Kier molecular flexibility index (Phi) is 7.85. The van der Waals surface area contributed by atoms with E-state index >= 15 is 0 Å². The number of amides is 4. The summed E-state index contributed by atoms with van der Waals surface area (Å²) in [6.07, 6.45) is 0.451. The molecule has 0 aromatic heterocycles. The lowest BCUT2D eigenvalue weighted by Crippen LogP contribution is -2.40.